The summed E-state index contributed by atoms with van der Waals surface area (Å²) < 4.78 is 9.89. The van der Waals surface area contributed by atoms with Crippen LogP contribution in [0.3, 0.4) is 0 Å². The van der Waals surface area contributed by atoms with Crippen molar-refractivity contribution in [3.8, 4) is 6.07 Å². The second-order valence-electron chi connectivity index (χ2n) is 4.81. The van der Waals surface area contributed by atoms with Crippen LogP contribution in [0.25, 0.3) is 0 Å². The summed E-state index contributed by atoms with van der Waals surface area (Å²) in [7, 11) is 0. The van der Waals surface area contributed by atoms with E-state index in [1.807, 2.05) is 6.07 Å². The third kappa shape index (κ3) is 3.32. The number of benzene rings is 1. The van der Waals surface area contributed by atoms with E-state index in [2.05, 4.69) is 5.32 Å². The van der Waals surface area contributed by atoms with Gasteiger partial charge in [-0.15, -0.1) is 0 Å². The lowest BCUT2D eigenvalue weighted by molar-refractivity contribution is -0.222. The molecule has 1 aromatic rings. The number of esters is 2. The average molecular weight is 341 g/mol. The lowest BCUT2D eigenvalue weighted by Gasteiger charge is -2.29. The Morgan fingerprint density at radius 1 is 1.18 bits per heavy atom. The molecule has 8 heteroatoms. The molecule has 1 saturated heterocycles. The molecule has 0 aromatic heterocycles. The monoisotopic (exact) mass is 340 g/mol. The Hall–Kier alpha value is -2.23. The van der Waals surface area contributed by atoms with Crippen molar-refractivity contribution in [1.29, 1.82) is 5.26 Å². The maximum atomic E-state index is 11.8. The van der Waals surface area contributed by atoms with E-state index in [-0.39, 0.29) is 26.9 Å². The zero-order valence-electron chi connectivity index (χ0n) is 11.6. The third-order valence-electron chi connectivity index (χ3n) is 2.65. The molecule has 0 amide bonds. The number of carbonyl (C=O) groups is 2. The number of ether oxygens (including phenoxy) is 2. The van der Waals surface area contributed by atoms with Crippen LogP contribution in [0.2, 0.25) is 10.0 Å². The Balaban J connectivity index is 2.28. The Labute approximate surface area is 136 Å². The van der Waals surface area contributed by atoms with Crippen LogP contribution in [-0.2, 0) is 19.1 Å². The van der Waals surface area contributed by atoms with E-state index < -0.39 is 17.7 Å². The summed E-state index contributed by atoms with van der Waals surface area (Å²) in [4.78, 5) is 23.5. The third-order valence-corrected chi connectivity index (χ3v) is 3.25. The molecule has 0 unspecified atom stereocenters. The number of rotatable bonds is 2. The van der Waals surface area contributed by atoms with Crippen LogP contribution < -0.4 is 5.32 Å². The zero-order chi connectivity index (χ0) is 16.5. The summed E-state index contributed by atoms with van der Waals surface area (Å²) in [5.74, 6) is -2.96. The molecule has 22 heavy (non-hydrogen) atoms. The van der Waals surface area contributed by atoms with Gasteiger partial charge in [0.1, 0.15) is 0 Å². The second-order valence-corrected chi connectivity index (χ2v) is 5.62. The molecule has 0 atom stereocenters. The predicted octanol–water partition coefficient (Wildman–Crippen LogP) is 3.00. The fourth-order valence-electron chi connectivity index (χ4n) is 1.70. The van der Waals surface area contributed by atoms with E-state index in [0.717, 1.165) is 6.20 Å². The molecule has 0 bridgehead atoms. The highest BCUT2D eigenvalue weighted by molar-refractivity contribution is 6.39. The van der Waals surface area contributed by atoms with Crippen LogP contribution in [0.15, 0.2) is 23.9 Å². The summed E-state index contributed by atoms with van der Waals surface area (Å²) in [5, 5.41) is 11.8. The number of anilines is 1. The molecule has 1 aliphatic rings. The molecule has 0 saturated carbocycles. The molecule has 1 aliphatic heterocycles. The number of cyclic esters (lactones) is 2. The van der Waals surface area contributed by atoms with Crippen molar-refractivity contribution in [2.75, 3.05) is 5.32 Å². The number of nitrogens with zero attached hydrogens (tertiary/aromatic N) is 1. The van der Waals surface area contributed by atoms with Gasteiger partial charge in [0.2, 0.25) is 0 Å². The van der Waals surface area contributed by atoms with Crippen LogP contribution in [0.1, 0.15) is 19.4 Å². The Bertz CT molecular complexity index is 690. The molecular weight excluding hydrogens is 331 g/mol. The molecule has 1 fully saturated rings. The lowest BCUT2D eigenvalue weighted by Crippen LogP contribution is -2.42. The molecule has 1 aromatic carbocycles. The fraction of sp³-hybridized carbons (Fsp3) is 0.214. The minimum atomic E-state index is -1.31. The van der Waals surface area contributed by atoms with Crippen molar-refractivity contribution in [3.63, 3.8) is 0 Å². The van der Waals surface area contributed by atoms with Gasteiger partial charge in [0, 0.05) is 20.0 Å². The SMILES string of the molecule is CC1(C)OC(=O)C(=CNc2c(Cl)cc(C#N)cc2Cl)C(=O)O1. The molecular formula is C14H10Cl2N2O4. The Kier molecular flexibility index (Phi) is 4.31. The van der Waals surface area contributed by atoms with Gasteiger partial charge in [-0.1, -0.05) is 23.2 Å². The van der Waals surface area contributed by atoms with Gasteiger partial charge in [-0.3, -0.25) is 0 Å². The molecule has 1 heterocycles. The van der Waals surface area contributed by atoms with Gasteiger partial charge in [0.25, 0.3) is 5.79 Å². The fourth-order valence-corrected chi connectivity index (χ4v) is 2.29. The summed E-state index contributed by atoms with van der Waals surface area (Å²) in [5.41, 5.74) is 0.211. The summed E-state index contributed by atoms with van der Waals surface area (Å²) >= 11 is 12.0. The lowest BCUT2D eigenvalue weighted by atomic mass is 10.2. The topological polar surface area (TPSA) is 88.4 Å². The van der Waals surface area contributed by atoms with Crippen molar-refractivity contribution in [1.82, 2.24) is 0 Å². The summed E-state index contributed by atoms with van der Waals surface area (Å²) in [6.07, 6.45) is 1.10. The van der Waals surface area contributed by atoms with Gasteiger partial charge in [0.05, 0.1) is 27.4 Å². The predicted molar refractivity (Wildman–Crippen MR) is 79.1 cm³/mol. The quantitative estimate of drug-likeness (QED) is 0.505. The number of nitriles is 1. The Morgan fingerprint density at radius 3 is 2.14 bits per heavy atom. The summed E-state index contributed by atoms with van der Waals surface area (Å²) in [6.45, 7) is 2.89. The first-order valence-corrected chi connectivity index (χ1v) is 6.81. The molecule has 0 spiro atoms. The van der Waals surface area contributed by atoms with Gasteiger partial charge in [-0.25, -0.2) is 9.59 Å². The minimum absolute atomic E-state index is 0.166. The molecule has 0 radical (unpaired) electrons. The van der Waals surface area contributed by atoms with Gasteiger partial charge in [0.15, 0.2) is 5.57 Å². The van der Waals surface area contributed by atoms with Gasteiger partial charge in [-0.05, 0) is 12.1 Å². The maximum absolute atomic E-state index is 11.8. The van der Waals surface area contributed by atoms with Crippen molar-refractivity contribution >= 4 is 40.8 Å². The standard InChI is InChI=1S/C14H10Cl2N2O4/c1-14(2)21-12(19)8(13(20)22-14)6-18-11-9(15)3-7(5-17)4-10(11)16/h3-4,6,18H,1-2H3. The van der Waals surface area contributed by atoms with Crippen LogP contribution in [-0.4, -0.2) is 17.7 Å². The first kappa shape index (κ1) is 16.1. The second kappa shape index (κ2) is 5.87. The normalized spacial score (nSPS) is 16.4. The Morgan fingerprint density at radius 2 is 1.68 bits per heavy atom. The number of nitrogens with one attached hydrogen (secondary N) is 1. The molecule has 1 N–H and O–H groups in total. The molecule has 2 rings (SSSR count). The van der Waals surface area contributed by atoms with Crippen LogP contribution in [0.5, 0.6) is 0 Å². The van der Waals surface area contributed by atoms with Gasteiger partial charge >= 0.3 is 11.9 Å². The van der Waals surface area contributed by atoms with E-state index >= 15 is 0 Å². The molecule has 114 valence electrons. The van der Waals surface area contributed by atoms with Crippen molar-refractivity contribution in [2.45, 2.75) is 19.6 Å². The number of halogens is 2. The zero-order valence-corrected chi connectivity index (χ0v) is 13.1. The number of hydrogen-bond donors (Lipinski definition) is 1. The van der Waals surface area contributed by atoms with E-state index in [9.17, 15) is 9.59 Å². The van der Waals surface area contributed by atoms with Crippen molar-refractivity contribution < 1.29 is 19.1 Å². The van der Waals surface area contributed by atoms with Crippen LogP contribution in [0, 0.1) is 11.3 Å². The van der Waals surface area contributed by atoms with Gasteiger partial charge in [-0.2, -0.15) is 5.26 Å². The maximum Gasteiger partial charge on any atom is 0.350 e. The van der Waals surface area contributed by atoms with Crippen molar-refractivity contribution in [2.24, 2.45) is 0 Å². The minimum Gasteiger partial charge on any atom is -0.419 e. The first-order chi connectivity index (χ1) is 10.2. The smallest absolute Gasteiger partial charge is 0.350 e. The first-order valence-electron chi connectivity index (χ1n) is 6.06. The highest BCUT2D eigenvalue weighted by Crippen LogP contribution is 2.32. The number of hydrogen-bond acceptors (Lipinski definition) is 6. The van der Waals surface area contributed by atoms with E-state index in [1.54, 1.807) is 0 Å². The van der Waals surface area contributed by atoms with E-state index in [0.29, 0.717) is 0 Å². The van der Waals surface area contributed by atoms with Crippen LogP contribution >= 0.6 is 23.2 Å². The summed E-state index contributed by atoms with van der Waals surface area (Å²) in [6, 6.07) is 4.70. The average Bonchev–Trinajstić information content (AvgIpc) is 2.38. The van der Waals surface area contributed by atoms with Crippen LogP contribution in [0.4, 0.5) is 5.69 Å². The van der Waals surface area contributed by atoms with E-state index in [4.69, 9.17) is 37.9 Å². The highest BCUT2D eigenvalue weighted by atomic mass is 35.5. The van der Waals surface area contributed by atoms with Crippen molar-refractivity contribution in [3.05, 3.63) is 39.5 Å². The molecule has 0 aliphatic carbocycles. The largest absolute Gasteiger partial charge is 0.419 e. The molecule has 6 nitrogen and oxygen atoms in total. The highest BCUT2D eigenvalue weighted by Gasteiger charge is 2.39. The van der Waals surface area contributed by atoms with Gasteiger partial charge < -0.3 is 14.8 Å². The number of carbonyl (C=O) groups excluding carboxylic acids is 2. The van der Waals surface area contributed by atoms with E-state index in [1.165, 1.54) is 26.0 Å².